The van der Waals surface area contributed by atoms with Crippen LogP contribution in [-0.2, 0) is 9.59 Å². The smallest absolute Gasteiger partial charge is 0.271 e. The molecule has 0 fully saturated rings. The molecule has 0 spiro atoms. The van der Waals surface area contributed by atoms with Gasteiger partial charge in [0, 0.05) is 17.9 Å². The van der Waals surface area contributed by atoms with Gasteiger partial charge >= 0.3 is 0 Å². The maximum Gasteiger partial charge on any atom is 0.271 e. The zero-order valence-corrected chi connectivity index (χ0v) is 34.1. The van der Waals surface area contributed by atoms with Crippen LogP contribution in [0.1, 0.15) is 0 Å². The summed E-state index contributed by atoms with van der Waals surface area (Å²) >= 11 is 27.5. The highest BCUT2D eigenvalue weighted by atomic mass is 79.9. The molecule has 4 aromatic carbocycles. The van der Waals surface area contributed by atoms with Crippen molar-refractivity contribution in [2.45, 2.75) is 0 Å². The number of ketones is 2. The summed E-state index contributed by atoms with van der Waals surface area (Å²) in [5, 5.41) is 0. The van der Waals surface area contributed by atoms with Crippen LogP contribution in [0.25, 0.3) is 0 Å². The Balaban J connectivity index is 1.69. The normalized spacial score (nSPS) is 13.4. The topological polar surface area (TPSA) is 71.1 Å². The first-order chi connectivity index (χ1) is 20.9. The molecule has 0 aromatic heterocycles. The van der Waals surface area contributed by atoms with E-state index in [4.69, 9.17) is 18.9 Å². The number of rotatable bonds is 8. The third kappa shape index (κ3) is 7.81. The van der Waals surface area contributed by atoms with Crippen molar-refractivity contribution >= 4 is 139 Å². The van der Waals surface area contributed by atoms with E-state index in [2.05, 4.69) is 127 Å². The minimum atomic E-state index is -0.791. The van der Waals surface area contributed by atoms with Crippen LogP contribution in [0.3, 0.4) is 0 Å². The van der Waals surface area contributed by atoms with Gasteiger partial charge < -0.3 is 18.9 Å². The van der Waals surface area contributed by atoms with E-state index < -0.39 is 34.6 Å². The second-order valence-electron chi connectivity index (χ2n) is 8.68. The number of benzene rings is 4. The number of carbonyl (C=O) groups excluding carboxylic acids is 2. The van der Waals surface area contributed by atoms with E-state index in [1.807, 2.05) is 0 Å². The first-order valence-corrected chi connectivity index (χ1v) is 18.3. The Labute approximate surface area is 318 Å². The molecule has 0 atom stereocenters. The van der Waals surface area contributed by atoms with Crippen LogP contribution in [0.15, 0.2) is 132 Å². The third-order valence-corrected chi connectivity index (χ3v) is 10.1. The van der Waals surface area contributed by atoms with Crippen LogP contribution >= 0.6 is 127 Å². The SMILES string of the molecule is O=C1C(Oc2ccc(Br)cc2Br)=C(Oc2ccc(Br)cc2Br)C(=O)C(Oc2ccc(Br)cc2Br)=C1Oc1ccc(Br)cc1Br. The highest BCUT2D eigenvalue weighted by Crippen LogP contribution is 2.39. The van der Waals surface area contributed by atoms with Gasteiger partial charge in [-0.15, -0.1) is 0 Å². The lowest BCUT2D eigenvalue weighted by Gasteiger charge is -2.24. The molecule has 1 aliphatic rings. The standard InChI is InChI=1S/C30H12Br8O6/c31-13-1-5-21(17(35)9-13)41-27-25(39)29(43-23-7-3-15(33)11-19(23)37)30(44-24-8-4-16(34)12-20(24)38)26(40)28(27)42-22-6-2-14(32)10-18(22)36/h1-12H. The van der Waals surface area contributed by atoms with Crippen molar-refractivity contribution in [3.63, 3.8) is 0 Å². The summed E-state index contributed by atoms with van der Waals surface area (Å²) in [4.78, 5) is 28.7. The monoisotopic (exact) mass is 1100 g/mol. The first-order valence-electron chi connectivity index (χ1n) is 12.0. The minimum Gasteiger partial charge on any atom is -0.448 e. The van der Waals surface area contributed by atoms with Gasteiger partial charge in [0.1, 0.15) is 23.0 Å². The van der Waals surface area contributed by atoms with E-state index in [9.17, 15) is 9.59 Å². The van der Waals surface area contributed by atoms with Crippen molar-refractivity contribution in [2.24, 2.45) is 0 Å². The van der Waals surface area contributed by atoms with Gasteiger partial charge in [-0.1, -0.05) is 63.7 Å². The molecule has 224 valence electrons. The van der Waals surface area contributed by atoms with Crippen LogP contribution in [-0.4, -0.2) is 11.6 Å². The molecule has 0 bridgehead atoms. The summed E-state index contributed by atoms with van der Waals surface area (Å²) in [5.41, 5.74) is 0. The average Bonchev–Trinajstić information content (AvgIpc) is 2.95. The van der Waals surface area contributed by atoms with Gasteiger partial charge in [-0.3, -0.25) is 9.59 Å². The molecule has 14 heteroatoms. The number of hydrogen-bond acceptors (Lipinski definition) is 6. The molecule has 0 heterocycles. The fourth-order valence-corrected chi connectivity index (χ4v) is 8.17. The quantitative estimate of drug-likeness (QED) is 0.164. The summed E-state index contributed by atoms with van der Waals surface area (Å²) in [6.45, 7) is 0. The molecule has 0 saturated heterocycles. The Bertz CT molecular complexity index is 1630. The van der Waals surface area contributed by atoms with Gasteiger partial charge in [-0.05, 0) is 137 Å². The van der Waals surface area contributed by atoms with Gasteiger partial charge in [0.25, 0.3) is 11.6 Å². The number of ether oxygens (including phenoxy) is 4. The summed E-state index contributed by atoms with van der Waals surface area (Å²) in [6, 6.07) is 20.4. The first kappa shape index (κ1) is 34.1. The second kappa shape index (κ2) is 14.7. The van der Waals surface area contributed by atoms with Crippen LogP contribution in [0.4, 0.5) is 0 Å². The molecule has 44 heavy (non-hydrogen) atoms. The van der Waals surface area contributed by atoms with Crippen molar-refractivity contribution in [3.05, 3.63) is 132 Å². The summed E-state index contributed by atoms with van der Waals surface area (Å²) in [7, 11) is 0. The van der Waals surface area contributed by atoms with Crippen LogP contribution in [0.2, 0.25) is 0 Å². The molecular formula is C30H12Br8O6. The lowest BCUT2D eigenvalue weighted by Crippen LogP contribution is -2.33. The fourth-order valence-electron chi connectivity index (χ4n) is 3.66. The number of carbonyl (C=O) groups is 2. The van der Waals surface area contributed by atoms with Gasteiger partial charge in [0.2, 0.25) is 23.0 Å². The van der Waals surface area contributed by atoms with E-state index in [1.54, 1.807) is 72.8 Å². The van der Waals surface area contributed by atoms with Crippen molar-refractivity contribution in [1.29, 1.82) is 0 Å². The lowest BCUT2D eigenvalue weighted by atomic mass is 10.0. The third-order valence-electron chi connectivity index (χ3n) is 5.66. The molecule has 0 aliphatic heterocycles. The molecule has 0 N–H and O–H groups in total. The van der Waals surface area contributed by atoms with Crippen LogP contribution in [0.5, 0.6) is 23.0 Å². The molecule has 5 rings (SSSR count). The summed E-state index contributed by atoms with van der Waals surface area (Å²) < 4.78 is 29.6. The second-order valence-corrected chi connectivity index (χ2v) is 15.8. The Morgan fingerprint density at radius 1 is 0.341 bits per heavy atom. The van der Waals surface area contributed by atoms with Gasteiger partial charge in [-0.25, -0.2) is 0 Å². The van der Waals surface area contributed by atoms with E-state index in [0.717, 1.165) is 17.9 Å². The highest BCUT2D eigenvalue weighted by Gasteiger charge is 2.43. The predicted octanol–water partition coefficient (Wildman–Crippen LogP) is 12.0. The fraction of sp³-hybridized carbons (Fsp3) is 0. The summed E-state index contributed by atoms with van der Waals surface area (Å²) in [6.07, 6.45) is 0. The predicted molar refractivity (Wildman–Crippen MR) is 194 cm³/mol. The van der Waals surface area contributed by atoms with Gasteiger partial charge in [0.15, 0.2) is 0 Å². The number of hydrogen-bond donors (Lipinski definition) is 0. The number of halogens is 8. The van der Waals surface area contributed by atoms with E-state index in [1.165, 1.54) is 0 Å². The maximum atomic E-state index is 14.4. The molecule has 6 nitrogen and oxygen atoms in total. The molecule has 0 amide bonds. The molecule has 4 aromatic rings. The van der Waals surface area contributed by atoms with E-state index >= 15 is 0 Å². The zero-order chi connectivity index (χ0) is 31.7. The van der Waals surface area contributed by atoms with E-state index in [-0.39, 0.29) is 23.0 Å². The Kier molecular flexibility index (Phi) is 11.4. The molecule has 0 radical (unpaired) electrons. The minimum absolute atomic E-state index is 0.254. The largest absolute Gasteiger partial charge is 0.448 e. The van der Waals surface area contributed by atoms with Gasteiger partial charge in [0.05, 0.1) is 17.9 Å². The Morgan fingerprint density at radius 3 is 0.727 bits per heavy atom. The van der Waals surface area contributed by atoms with Crippen LogP contribution < -0.4 is 18.9 Å². The maximum absolute atomic E-state index is 14.4. The van der Waals surface area contributed by atoms with Crippen molar-refractivity contribution in [1.82, 2.24) is 0 Å². The Morgan fingerprint density at radius 2 is 0.545 bits per heavy atom. The molecule has 0 saturated carbocycles. The summed E-state index contributed by atoms with van der Waals surface area (Å²) in [5.74, 6) is -2.18. The average molecular weight is 1110 g/mol. The van der Waals surface area contributed by atoms with Gasteiger partial charge in [-0.2, -0.15) is 0 Å². The zero-order valence-electron chi connectivity index (χ0n) is 21.4. The number of Topliss-reactive ketones (excluding diaryl/α,β-unsaturated/α-hetero) is 2. The highest BCUT2D eigenvalue weighted by molar-refractivity contribution is 9.12. The molecular weight excluding hydrogens is 1100 g/mol. The van der Waals surface area contributed by atoms with E-state index in [0.29, 0.717) is 17.9 Å². The van der Waals surface area contributed by atoms with Crippen molar-refractivity contribution in [3.8, 4) is 23.0 Å². The Hall–Kier alpha value is -1.26. The molecule has 0 unspecified atom stereocenters. The van der Waals surface area contributed by atoms with Crippen molar-refractivity contribution < 1.29 is 28.5 Å². The lowest BCUT2D eigenvalue weighted by molar-refractivity contribution is -0.122. The van der Waals surface area contributed by atoms with Crippen molar-refractivity contribution in [2.75, 3.05) is 0 Å². The van der Waals surface area contributed by atoms with Crippen LogP contribution in [0, 0.1) is 0 Å². The molecule has 1 aliphatic carbocycles.